The number of rotatable bonds is 7. The number of aromatic hydroxyl groups is 1. The number of phenolic OH excluding ortho intramolecular Hbond substituents is 1. The molecule has 0 spiro atoms. The Kier molecular flexibility index (Phi) is 8.38. The number of halogens is 4. The summed E-state index contributed by atoms with van der Waals surface area (Å²) in [6.45, 7) is 0. The van der Waals surface area contributed by atoms with E-state index in [4.69, 9.17) is 11.6 Å². The van der Waals surface area contributed by atoms with Gasteiger partial charge in [-0.3, -0.25) is 0 Å². The lowest BCUT2D eigenvalue weighted by atomic mass is 9.90. The Morgan fingerprint density at radius 3 is 2.06 bits per heavy atom. The van der Waals surface area contributed by atoms with Crippen molar-refractivity contribution in [1.29, 1.82) is 10.5 Å². The van der Waals surface area contributed by atoms with E-state index in [-0.39, 0.29) is 55.0 Å². The third-order valence-corrected chi connectivity index (χ3v) is 9.92. The van der Waals surface area contributed by atoms with Crippen molar-refractivity contribution in [2.75, 3.05) is 0 Å². The molecule has 2 N–H and O–H groups in total. The first-order valence-electron chi connectivity index (χ1n) is 14.1. The van der Waals surface area contributed by atoms with Crippen molar-refractivity contribution in [3.05, 3.63) is 130 Å². The van der Waals surface area contributed by atoms with E-state index < -0.39 is 44.4 Å². The summed E-state index contributed by atoms with van der Waals surface area (Å²) in [4.78, 5) is 11.1. The Morgan fingerprint density at radius 1 is 0.837 bits per heavy atom. The molecule has 0 bridgehead atoms. The van der Waals surface area contributed by atoms with Gasteiger partial charge in [-0.15, -0.1) is 0 Å². The van der Waals surface area contributed by atoms with Crippen molar-refractivity contribution in [2.45, 2.75) is 11.3 Å². The summed E-state index contributed by atoms with van der Waals surface area (Å²) < 4.78 is 71.8. The van der Waals surface area contributed by atoms with Gasteiger partial charge >= 0.3 is 5.97 Å². The number of hydrogen-bond donors (Lipinski definition) is 2. The van der Waals surface area contributed by atoms with Crippen LogP contribution in [-0.2, 0) is 10.0 Å². The molecule has 0 saturated carbocycles. The standard InChI is InChI=1S/C36H19ClF3N3O5S/c37-28-14-22(36(45)46)9-12-26(28)20-3-1-4-21(13-20)34-33(32-23(17-41)5-2-6-24(32)18-42)27-15-31(44)29(38)16-30(27)43(34)49(47,48)25-10-7-19(8-11-25)35(39)40/h1-16,35,44H,(H,45,46). The van der Waals surface area contributed by atoms with E-state index in [0.717, 1.165) is 40.4 Å². The van der Waals surface area contributed by atoms with Crippen molar-refractivity contribution >= 4 is 38.5 Å². The first kappa shape index (κ1) is 32.8. The third kappa shape index (κ3) is 5.63. The van der Waals surface area contributed by atoms with Gasteiger partial charge in [0.25, 0.3) is 16.4 Å². The van der Waals surface area contributed by atoms with Crippen LogP contribution in [0.3, 0.4) is 0 Å². The summed E-state index contributed by atoms with van der Waals surface area (Å²) >= 11 is 6.47. The summed E-state index contributed by atoms with van der Waals surface area (Å²) in [5, 5.41) is 40.2. The monoisotopic (exact) mass is 697 g/mol. The second kappa shape index (κ2) is 12.5. The predicted molar refractivity (Wildman–Crippen MR) is 175 cm³/mol. The van der Waals surface area contributed by atoms with Gasteiger partial charge in [0, 0.05) is 44.3 Å². The van der Waals surface area contributed by atoms with Gasteiger partial charge in [-0.25, -0.2) is 30.4 Å². The molecule has 0 unspecified atom stereocenters. The first-order valence-corrected chi connectivity index (χ1v) is 16.0. The zero-order valence-corrected chi connectivity index (χ0v) is 26.3. The molecule has 0 aliphatic rings. The predicted octanol–water partition coefficient (Wildman–Crippen LogP) is 8.76. The van der Waals surface area contributed by atoms with Crippen LogP contribution in [0.1, 0.15) is 33.5 Å². The van der Waals surface area contributed by atoms with Crippen LogP contribution in [-0.4, -0.2) is 28.6 Å². The van der Waals surface area contributed by atoms with E-state index in [9.17, 15) is 42.7 Å². The minimum absolute atomic E-state index is 0.00486. The minimum Gasteiger partial charge on any atom is -0.505 e. The highest BCUT2D eigenvalue weighted by atomic mass is 35.5. The molecule has 49 heavy (non-hydrogen) atoms. The number of phenols is 1. The lowest BCUT2D eigenvalue weighted by Gasteiger charge is -2.16. The van der Waals surface area contributed by atoms with E-state index in [1.165, 1.54) is 48.5 Å². The largest absolute Gasteiger partial charge is 0.505 e. The average molecular weight is 698 g/mol. The van der Waals surface area contributed by atoms with Crippen LogP contribution in [0.2, 0.25) is 5.02 Å². The Labute approximate surface area is 281 Å². The second-order valence-electron chi connectivity index (χ2n) is 10.7. The Bertz CT molecular complexity index is 2510. The van der Waals surface area contributed by atoms with Crippen LogP contribution in [0, 0.1) is 28.5 Å². The van der Waals surface area contributed by atoms with Crippen molar-refractivity contribution in [2.24, 2.45) is 0 Å². The maximum atomic E-state index is 15.1. The van der Waals surface area contributed by atoms with Gasteiger partial charge in [0.2, 0.25) is 0 Å². The summed E-state index contributed by atoms with van der Waals surface area (Å²) in [5.74, 6) is -3.23. The second-order valence-corrected chi connectivity index (χ2v) is 12.9. The summed E-state index contributed by atoms with van der Waals surface area (Å²) in [6, 6.07) is 24.2. The molecule has 8 nitrogen and oxygen atoms in total. The van der Waals surface area contributed by atoms with Crippen molar-refractivity contribution in [3.63, 3.8) is 0 Å². The molecule has 13 heteroatoms. The molecular weight excluding hydrogens is 679 g/mol. The van der Waals surface area contributed by atoms with Crippen molar-refractivity contribution in [3.8, 4) is 51.4 Å². The molecule has 1 heterocycles. The maximum Gasteiger partial charge on any atom is 0.335 e. The van der Waals surface area contributed by atoms with Crippen LogP contribution < -0.4 is 0 Å². The summed E-state index contributed by atoms with van der Waals surface area (Å²) in [7, 11) is -4.78. The van der Waals surface area contributed by atoms with Crippen LogP contribution in [0.15, 0.2) is 102 Å². The van der Waals surface area contributed by atoms with Gasteiger partial charge in [0.1, 0.15) is 0 Å². The van der Waals surface area contributed by atoms with Crippen LogP contribution in [0.4, 0.5) is 13.2 Å². The lowest BCUT2D eigenvalue weighted by Crippen LogP contribution is -2.14. The highest BCUT2D eigenvalue weighted by Gasteiger charge is 2.32. The van der Waals surface area contributed by atoms with Gasteiger partial charge < -0.3 is 10.2 Å². The quantitative estimate of drug-likeness (QED) is 0.170. The highest BCUT2D eigenvalue weighted by molar-refractivity contribution is 7.90. The molecule has 0 aliphatic heterocycles. The van der Waals surface area contributed by atoms with Crippen LogP contribution in [0.25, 0.3) is 44.4 Å². The summed E-state index contributed by atoms with van der Waals surface area (Å²) in [5.41, 5.74) is -0.107. The topological polar surface area (TPSA) is 144 Å². The van der Waals surface area contributed by atoms with Crippen LogP contribution >= 0.6 is 11.6 Å². The first-order chi connectivity index (χ1) is 23.4. The normalized spacial score (nSPS) is 11.4. The number of nitrogens with zero attached hydrogens (tertiary/aromatic N) is 3. The molecule has 6 rings (SSSR count). The minimum atomic E-state index is -4.78. The molecule has 0 aliphatic carbocycles. The van der Waals surface area contributed by atoms with Gasteiger partial charge in [0.05, 0.1) is 44.9 Å². The molecule has 6 aromatic rings. The van der Waals surface area contributed by atoms with Gasteiger partial charge in [-0.1, -0.05) is 54.1 Å². The molecule has 0 atom stereocenters. The molecule has 1 aromatic heterocycles. The van der Waals surface area contributed by atoms with Crippen molar-refractivity contribution < 1.29 is 36.6 Å². The fraction of sp³-hybridized carbons (Fsp3) is 0.0278. The Morgan fingerprint density at radius 2 is 1.47 bits per heavy atom. The number of hydrogen-bond acceptors (Lipinski definition) is 6. The number of aromatic carboxylic acids is 1. The van der Waals surface area contributed by atoms with Crippen molar-refractivity contribution in [1.82, 2.24) is 3.97 Å². The van der Waals surface area contributed by atoms with Gasteiger partial charge in [-0.2, -0.15) is 10.5 Å². The molecule has 0 fully saturated rings. The molecule has 0 amide bonds. The summed E-state index contributed by atoms with van der Waals surface area (Å²) in [6.07, 6.45) is -2.88. The molecule has 5 aromatic carbocycles. The highest BCUT2D eigenvalue weighted by Crippen LogP contribution is 2.47. The number of carbonyl (C=O) groups is 1. The smallest absolute Gasteiger partial charge is 0.335 e. The molecule has 0 saturated heterocycles. The Hall–Kier alpha value is -6.08. The lowest BCUT2D eigenvalue weighted by molar-refractivity contribution is 0.0696. The number of fused-ring (bicyclic) bond motifs is 1. The van der Waals surface area contributed by atoms with Crippen LogP contribution in [0.5, 0.6) is 5.75 Å². The molecule has 242 valence electrons. The molecule has 0 radical (unpaired) electrons. The third-order valence-electron chi connectivity index (χ3n) is 7.88. The van der Waals surface area contributed by atoms with Gasteiger partial charge in [0.15, 0.2) is 11.6 Å². The number of aromatic nitrogens is 1. The SMILES string of the molecule is N#Cc1cccc(C#N)c1-c1c(-c2cccc(-c3ccc(C(=O)O)cc3Cl)c2)n(S(=O)(=O)c2ccc(C(F)F)cc2)c2cc(F)c(O)cc12. The van der Waals surface area contributed by atoms with E-state index in [1.54, 1.807) is 12.1 Å². The number of carboxylic acids is 1. The Balaban J connectivity index is 1.78. The zero-order chi connectivity index (χ0) is 35.2. The zero-order valence-electron chi connectivity index (χ0n) is 24.7. The van der Waals surface area contributed by atoms with E-state index >= 15 is 4.39 Å². The number of carboxylic acid groups (broad SMARTS) is 1. The average Bonchev–Trinajstić information content (AvgIpc) is 3.41. The molecular formula is C36H19ClF3N3O5S. The van der Waals surface area contributed by atoms with E-state index in [1.807, 2.05) is 12.1 Å². The fourth-order valence-electron chi connectivity index (χ4n) is 5.65. The maximum absolute atomic E-state index is 15.1. The number of alkyl halides is 2. The van der Waals surface area contributed by atoms with E-state index in [2.05, 4.69) is 0 Å². The fourth-order valence-corrected chi connectivity index (χ4v) is 7.48. The number of nitriles is 2. The number of benzene rings is 5. The van der Waals surface area contributed by atoms with E-state index in [0.29, 0.717) is 11.1 Å². The van der Waals surface area contributed by atoms with Gasteiger partial charge in [-0.05, 0) is 54.1 Å².